The quantitative estimate of drug-likeness (QED) is 0.463. The average Bonchev–Trinajstić information content (AvgIpc) is 2.73. The van der Waals surface area contributed by atoms with Gasteiger partial charge in [0.2, 0.25) is 5.82 Å². The van der Waals surface area contributed by atoms with Gasteiger partial charge in [0, 0.05) is 6.54 Å². The van der Waals surface area contributed by atoms with Crippen LogP contribution in [0.1, 0.15) is 5.56 Å². The molecule has 0 aliphatic heterocycles. The minimum absolute atomic E-state index is 0.0688. The van der Waals surface area contributed by atoms with Crippen LogP contribution in [0.5, 0.6) is 23.1 Å². The number of nitrogens with zero attached hydrogens (tertiary/aromatic N) is 3. The Morgan fingerprint density at radius 1 is 0.929 bits per heavy atom. The van der Waals surface area contributed by atoms with Gasteiger partial charge in [0.05, 0.1) is 19.1 Å². The number of ether oxygens (including phenoxy) is 3. The smallest absolute Gasteiger partial charge is 0.373 e. The standard InChI is InChI=1S/C19H18N4O5/c1-26-14-5-3-13(4-6-14)11-20-18-17(23(24)25)19(22-12-21-18)28-16-9-7-15(27-2)8-10-16/h3-10,12H,11H2,1-2H3,(H,20,21,22). The molecule has 144 valence electrons. The lowest BCUT2D eigenvalue weighted by Crippen LogP contribution is -2.07. The van der Waals surface area contributed by atoms with Gasteiger partial charge in [-0.1, -0.05) is 12.1 Å². The molecule has 1 N–H and O–H groups in total. The van der Waals surface area contributed by atoms with Crippen LogP contribution in [-0.4, -0.2) is 29.1 Å². The minimum atomic E-state index is -0.574. The Balaban J connectivity index is 1.80. The SMILES string of the molecule is COc1ccc(CNc2ncnc(Oc3ccc(OC)cc3)c2[N+](=O)[O-])cc1. The average molecular weight is 382 g/mol. The first kappa shape index (κ1) is 18.9. The number of hydrogen-bond acceptors (Lipinski definition) is 8. The highest BCUT2D eigenvalue weighted by Crippen LogP contribution is 2.34. The molecule has 0 aliphatic rings. The van der Waals surface area contributed by atoms with Crippen LogP contribution in [0.4, 0.5) is 11.5 Å². The highest BCUT2D eigenvalue weighted by Gasteiger charge is 2.25. The van der Waals surface area contributed by atoms with E-state index in [-0.39, 0.29) is 17.4 Å². The molecule has 1 heterocycles. The molecule has 1 aromatic heterocycles. The zero-order valence-electron chi connectivity index (χ0n) is 15.3. The molecule has 3 aromatic rings. The summed E-state index contributed by atoms with van der Waals surface area (Å²) in [6.45, 7) is 0.337. The van der Waals surface area contributed by atoms with E-state index in [2.05, 4.69) is 15.3 Å². The third-order valence-corrected chi connectivity index (χ3v) is 3.86. The number of nitro groups is 1. The molecule has 9 nitrogen and oxygen atoms in total. The molecule has 28 heavy (non-hydrogen) atoms. The largest absolute Gasteiger partial charge is 0.497 e. The first-order valence-corrected chi connectivity index (χ1v) is 8.29. The van der Waals surface area contributed by atoms with Gasteiger partial charge in [-0.15, -0.1) is 0 Å². The summed E-state index contributed by atoms with van der Waals surface area (Å²) in [5.74, 6) is 1.68. The van der Waals surface area contributed by atoms with Crippen LogP contribution in [0.2, 0.25) is 0 Å². The van der Waals surface area contributed by atoms with Crippen molar-refractivity contribution in [1.29, 1.82) is 0 Å². The van der Waals surface area contributed by atoms with Crippen LogP contribution in [0, 0.1) is 10.1 Å². The molecule has 0 saturated carbocycles. The molecule has 0 atom stereocenters. The number of aromatic nitrogens is 2. The second kappa shape index (κ2) is 8.67. The van der Waals surface area contributed by atoms with Crippen LogP contribution in [0.15, 0.2) is 54.9 Å². The summed E-state index contributed by atoms with van der Waals surface area (Å²) >= 11 is 0. The summed E-state index contributed by atoms with van der Waals surface area (Å²) in [4.78, 5) is 18.9. The third-order valence-electron chi connectivity index (χ3n) is 3.86. The molecule has 0 radical (unpaired) electrons. The Kier molecular flexibility index (Phi) is 5.85. The first-order chi connectivity index (χ1) is 13.6. The summed E-state index contributed by atoms with van der Waals surface area (Å²) in [5.41, 5.74) is 0.568. The van der Waals surface area contributed by atoms with Crippen molar-refractivity contribution >= 4 is 11.5 Å². The fourth-order valence-electron chi connectivity index (χ4n) is 2.42. The van der Waals surface area contributed by atoms with Gasteiger partial charge in [-0.05, 0) is 42.0 Å². The summed E-state index contributed by atoms with van der Waals surface area (Å²) in [6, 6.07) is 14.0. The Hall–Kier alpha value is -3.88. The number of rotatable bonds is 8. The van der Waals surface area contributed by atoms with Gasteiger partial charge in [0.1, 0.15) is 23.6 Å². The maximum Gasteiger partial charge on any atom is 0.373 e. The fourth-order valence-corrected chi connectivity index (χ4v) is 2.42. The van der Waals surface area contributed by atoms with E-state index in [1.807, 2.05) is 24.3 Å². The molecular formula is C19H18N4O5. The van der Waals surface area contributed by atoms with Crippen molar-refractivity contribution in [2.75, 3.05) is 19.5 Å². The van der Waals surface area contributed by atoms with Gasteiger partial charge in [-0.2, -0.15) is 4.98 Å². The molecule has 0 saturated heterocycles. The lowest BCUT2D eigenvalue weighted by Gasteiger charge is -2.10. The number of nitrogens with one attached hydrogen (secondary N) is 1. The molecule has 0 unspecified atom stereocenters. The molecule has 9 heteroatoms. The first-order valence-electron chi connectivity index (χ1n) is 8.29. The van der Waals surface area contributed by atoms with Crippen molar-refractivity contribution in [3.63, 3.8) is 0 Å². The van der Waals surface area contributed by atoms with Crippen molar-refractivity contribution in [3.05, 3.63) is 70.5 Å². The van der Waals surface area contributed by atoms with E-state index in [4.69, 9.17) is 14.2 Å². The normalized spacial score (nSPS) is 10.2. The van der Waals surface area contributed by atoms with E-state index in [0.29, 0.717) is 18.0 Å². The van der Waals surface area contributed by atoms with Gasteiger partial charge in [-0.25, -0.2) is 4.98 Å². The van der Waals surface area contributed by atoms with Crippen molar-refractivity contribution in [2.24, 2.45) is 0 Å². The van der Waals surface area contributed by atoms with Crippen molar-refractivity contribution in [2.45, 2.75) is 6.54 Å². The second-order valence-electron chi connectivity index (χ2n) is 5.61. The monoisotopic (exact) mass is 382 g/mol. The van der Waals surface area contributed by atoms with Crippen LogP contribution in [0.3, 0.4) is 0 Å². The Morgan fingerprint density at radius 3 is 2.07 bits per heavy atom. The van der Waals surface area contributed by atoms with Gasteiger partial charge in [0.25, 0.3) is 0 Å². The molecule has 3 rings (SSSR count). The highest BCUT2D eigenvalue weighted by atomic mass is 16.6. The summed E-state index contributed by atoms with van der Waals surface area (Å²) in [6.07, 6.45) is 1.21. The van der Waals surface area contributed by atoms with Gasteiger partial charge in [0.15, 0.2) is 0 Å². The molecule has 0 aliphatic carbocycles. The van der Waals surface area contributed by atoms with Crippen LogP contribution in [-0.2, 0) is 6.54 Å². The number of methoxy groups -OCH3 is 2. The number of anilines is 1. The molecule has 0 bridgehead atoms. The zero-order chi connectivity index (χ0) is 19.9. The molecular weight excluding hydrogens is 364 g/mol. The molecule has 0 fully saturated rings. The Labute approximate surface area is 161 Å². The van der Waals surface area contributed by atoms with E-state index in [0.717, 1.165) is 11.3 Å². The van der Waals surface area contributed by atoms with Crippen LogP contribution in [0.25, 0.3) is 0 Å². The topological polar surface area (TPSA) is 109 Å². The number of benzene rings is 2. The van der Waals surface area contributed by atoms with E-state index in [1.165, 1.54) is 6.33 Å². The molecule has 0 spiro atoms. The molecule has 2 aromatic carbocycles. The predicted molar refractivity (Wildman–Crippen MR) is 102 cm³/mol. The Bertz CT molecular complexity index is 946. The summed E-state index contributed by atoms with van der Waals surface area (Å²) in [5, 5.41) is 14.6. The van der Waals surface area contributed by atoms with Gasteiger partial charge in [-0.3, -0.25) is 10.1 Å². The summed E-state index contributed by atoms with van der Waals surface area (Å²) in [7, 11) is 3.13. The second-order valence-corrected chi connectivity index (χ2v) is 5.61. The van der Waals surface area contributed by atoms with E-state index in [1.54, 1.807) is 38.5 Å². The maximum atomic E-state index is 11.6. The zero-order valence-corrected chi connectivity index (χ0v) is 15.3. The van der Waals surface area contributed by atoms with E-state index >= 15 is 0 Å². The lowest BCUT2D eigenvalue weighted by atomic mass is 10.2. The summed E-state index contributed by atoms with van der Waals surface area (Å²) < 4.78 is 15.8. The fraction of sp³-hybridized carbons (Fsp3) is 0.158. The Morgan fingerprint density at radius 2 is 1.50 bits per heavy atom. The minimum Gasteiger partial charge on any atom is -0.497 e. The van der Waals surface area contributed by atoms with Crippen molar-refractivity contribution < 1.29 is 19.1 Å². The number of hydrogen-bond donors (Lipinski definition) is 1. The van der Waals surface area contributed by atoms with E-state index in [9.17, 15) is 10.1 Å². The third kappa shape index (κ3) is 4.44. The van der Waals surface area contributed by atoms with Crippen LogP contribution >= 0.6 is 0 Å². The van der Waals surface area contributed by atoms with Crippen molar-refractivity contribution in [3.8, 4) is 23.1 Å². The van der Waals surface area contributed by atoms with Crippen LogP contribution < -0.4 is 19.5 Å². The highest BCUT2D eigenvalue weighted by molar-refractivity contribution is 5.62. The lowest BCUT2D eigenvalue weighted by molar-refractivity contribution is -0.385. The van der Waals surface area contributed by atoms with Gasteiger partial charge < -0.3 is 19.5 Å². The predicted octanol–water partition coefficient (Wildman–Crippen LogP) is 3.81. The van der Waals surface area contributed by atoms with E-state index < -0.39 is 4.92 Å². The van der Waals surface area contributed by atoms with Crippen molar-refractivity contribution in [1.82, 2.24) is 9.97 Å². The maximum absolute atomic E-state index is 11.6. The van der Waals surface area contributed by atoms with Gasteiger partial charge >= 0.3 is 11.6 Å². The molecule has 0 amide bonds.